The van der Waals surface area contributed by atoms with E-state index in [1.807, 2.05) is 54.6 Å². The number of thiocarbonyl (C=S) groups is 1. The van der Waals surface area contributed by atoms with Crippen LogP contribution in [0.5, 0.6) is 5.75 Å². The van der Waals surface area contributed by atoms with Gasteiger partial charge >= 0.3 is 0 Å². The molecule has 0 atom stereocenters. The molecule has 0 spiro atoms. The standard InChI is InChI=1S/C15H15NOS/c16-15(18)14-9-5-4-6-12(14)10-11-17-13-7-2-1-3-8-13/h1-9H,10-11H2,(H2,16,18). The minimum atomic E-state index is 0.435. The van der Waals surface area contributed by atoms with Crippen molar-refractivity contribution in [3.63, 3.8) is 0 Å². The Morgan fingerprint density at radius 3 is 2.39 bits per heavy atom. The SMILES string of the molecule is NC(=S)c1ccccc1CCOc1ccccc1. The van der Waals surface area contributed by atoms with E-state index in [1.165, 1.54) is 0 Å². The number of rotatable bonds is 5. The molecule has 0 saturated carbocycles. The second kappa shape index (κ2) is 6.17. The maximum absolute atomic E-state index is 5.69. The molecule has 0 aliphatic heterocycles. The number of benzene rings is 2. The van der Waals surface area contributed by atoms with Crippen LogP contribution in [-0.2, 0) is 6.42 Å². The molecule has 0 amide bonds. The largest absolute Gasteiger partial charge is 0.493 e. The van der Waals surface area contributed by atoms with Crippen molar-refractivity contribution in [3.8, 4) is 5.75 Å². The van der Waals surface area contributed by atoms with E-state index in [0.717, 1.165) is 23.3 Å². The van der Waals surface area contributed by atoms with E-state index in [0.29, 0.717) is 11.6 Å². The minimum Gasteiger partial charge on any atom is -0.493 e. The molecule has 2 rings (SSSR count). The molecule has 2 aromatic carbocycles. The van der Waals surface area contributed by atoms with Gasteiger partial charge in [0, 0.05) is 12.0 Å². The van der Waals surface area contributed by atoms with E-state index in [4.69, 9.17) is 22.7 Å². The molecule has 0 aliphatic rings. The highest BCUT2D eigenvalue weighted by Crippen LogP contribution is 2.12. The van der Waals surface area contributed by atoms with Crippen LogP contribution in [0.15, 0.2) is 54.6 Å². The average molecular weight is 257 g/mol. The molecule has 0 bridgehead atoms. The Hall–Kier alpha value is -1.87. The molecule has 2 aromatic rings. The first-order chi connectivity index (χ1) is 8.77. The van der Waals surface area contributed by atoms with Gasteiger partial charge in [-0.2, -0.15) is 0 Å². The Kier molecular flexibility index (Phi) is 4.31. The fourth-order valence-corrected chi connectivity index (χ4v) is 1.97. The zero-order chi connectivity index (χ0) is 12.8. The number of hydrogen-bond acceptors (Lipinski definition) is 2. The second-order valence-electron chi connectivity index (χ2n) is 3.93. The lowest BCUT2D eigenvalue weighted by atomic mass is 10.1. The van der Waals surface area contributed by atoms with Gasteiger partial charge in [-0.15, -0.1) is 0 Å². The van der Waals surface area contributed by atoms with Crippen LogP contribution in [0.4, 0.5) is 0 Å². The summed E-state index contributed by atoms with van der Waals surface area (Å²) < 4.78 is 5.66. The zero-order valence-corrected chi connectivity index (χ0v) is 10.8. The molecule has 0 aliphatic carbocycles. The summed E-state index contributed by atoms with van der Waals surface area (Å²) in [6, 6.07) is 17.7. The molecule has 0 saturated heterocycles. The van der Waals surface area contributed by atoms with Crippen molar-refractivity contribution in [1.82, 2.24) is 0 Å². The van der Waals surface area contributed by atoms with E-state index in [1.54, 1.807) is 0 Å². The highest BCUT2D eigenvalue weighted by Gasteiger charge is 2.04. The third-order valence-corrected chi connectivity index (χ3v) is 2.89. The summed E-state index contributed by atoms with van der Waals surface area (Å²) in [4.78, 5) is 0.435. The Morgan fingerprint density at radius 2 is 1.67 bits per heavy atom. The van der Waals surface area contributed by atoms with Crippen molar-refractivity contribution >= 4 is 17.2 Å². The quantitative estimate of drug-likeness (QED) is 0.836. The summed E-state index contributed by atoms with van der Waals surface area (Å²) in [5, 5.41) is 0. The summed E-state index contributed by atoms with van der Waals surface area (Å²) in [7, 11) is 0. The van der Waals surface area contributed by atoms with Crippen molar-refractivity contribution in [2.75, 3.05) is 6.61 Å². The Bertz CT molecular complexity index is 525. The van der Waals surface area contributed by atoms with Crippen molar-refractivity contribution in [1.29, 1.82) is 0 Å². The Morgan fingerprint density at radius 1 is 1.00 bits per heavy atom. The van der Waals surface area contributed by atoms with Crippen LogP contribution >= 0.6 is 12.2 Å². The van der Waals surface area contributed by atoms with Crippen LogP contribution in [0, 0.1) is 0 Å². The van der Waals surface area contributed by atoms with Crippen LogP contribution in [0.25, 0.3) is 0 Å². The van der Waals surface area contributed by atoms with Gasteiger partial charge in [0.25, 0.3) is 0 Å². The predicted molar refractivity (Wildman–Crippen MR) is 78.0 cm³/mol. The lowest BCUT2D eigenvalue weighted by Crippen LogP contribution is -2.13. The summed E-state index contributed by atoms with van der Waals surface area (Å²) in [5.41, 5.74) is 7.75. The first kappa shape index (κ1) is 12.6. The van der Waals surface area contributed by atoms with E-state index >= 15 is 0 Å². The van der Waals surface area contributed by atoms with Crippen molar-refractivity contribution < 1.29 is 4.74 Å². The normalized spacial score (nSPS) is 10.0. The summed E-state index contributed by atoms with van der Waals surface area (Å²) in [6.45, 7) is 0.615. The summed E-state index contributed by atoms with van der Waals surface area (Å²) in [6.07, 6.45) is 0.794. The van der Waals surface area contributed by atoms with Crippen molar-refractivity contribution in [2.45, 2.75) is 6.42 Å². The number of nitrogens with two attached hydrogens (primary N) is 1. The summed E-state index contributed by atoms with van der Waals surface area (Å²) >= 11 is 5.03. The fourth-order valence-electron chi connectivity index (χ4n) is 1.77. The third kappa shape index (κ3) is 3.31. The smallest absolute Gasteiger partial charge is 0.119 e. The first-order valence-corrected chi connectivity index (χ1v) is 6.24. The van der Waals surface area contributed by atoms with Gasteiger partial charge in [-0.25, -0.2) is 0 Å². The third-order valence-electron chi connectivity index (χ3n) is 2.67. The number of ether oxygens (including phenoxy) is 1. The van der Waals surface area contributed by atoms with Crippen LogP contribution in [0.3, 0.4) is 0 Å². The molecule has 0 fully saturated rings. The van der Waals surface area contributed by atoms with Gasteiger partial charge in [0.2, 0.25) is 0 Å². The molecular formula is C15H15NOS. The van der Waals surface area contributed by atoms with Gasteiger partial charge in [0.05, 0.1) is 6.61 Å². The van der Waals surface area contributed by atoms with Crippen LogP contribution < -0.4 is 10.5 Å². The maximum Gasteiger partial charge on any atom is 0.119 e. The number of hydrogen-bond donors (Lipinski definition) is 1. The monoisotopic (exact) mass is 257 g/mol. The van der Waals surface area contributed by atoms with Gasteiger partial charge in [-0.3, -0.25) is 0 Å². The van der Waals surface area contributed by atoms with Gasteiger partial charge < -0.3 is 10.5 Å². The lowest BCUT2D eigenvalue weighted by Gasteiger charge is -2.09. The molecule has 0 radical (unpaired) electrons. The van der Waals surface area contributed by atoms with Gasteiger partial charge in [-0.1, -0.05) is 54.7 Å². The van der Waals surface area contributed by atoms with E-state index < -0.39 is 0 Å². The Labute approximate surface area is 112 Å². The van der Waals surface area contributed by atoms with E-state index in [-0.39, 0.29) is 0 Å². The van der Waals surface area contributed by atoms with Crippen LogP contribution in [0.1, 0.15) is 11.1 Å². The van der Waals surface area contributed by atoms with Crippen LogP contribution in [0.2, 0.25) is 0 Å². The minimum absolute atomic E-state index is 0.435. The molecule has 0 aromatic heterocycles. The van der Waals surface area contributed by atoms with Crippen molar-refractivity contribution in [2.24, 2.45) is 5.73 Å². The van der Waals surface area contributed by atoms with Gasteiger partial charge in [-0.05, 0) is 17.7 Å². The van der Waals surface area contributed by atoms with E-state index in [9.17, 15) is 0 Å². The van der Waals surface area contributed by atoms with Crippen molar-refractivity contribution in [3.05, 3.63) is 65.7 Å². The highest BCUT2D eigenvalue weighted by molar-refractivity contribution is 7.80. The summed E-state index contributed by atoms with van der Waals surface area (Å²) in [5.74, 6) is 0.880. The van der Waals surface area contributed by atoms with Crippen LogP contribution in [-0.4, -0.2) is 11.6 Å². The molecule has 18 heavy (non-hydrogen) atoms. The van der Waals surface area contributed by atoms with Gasteiger partial charge in [0.15, 0.2) is 0 Å². The molecular weight excluding hydrogens is 242 g/mol. The predicted octanol–water partition coefficient (Wildman–Crippen LogP) is 2.94. The molecule has 0 unspecified atom stereocenters. The topological polar surface area (TPSA) is 35.2 Å². The maximum atomic E-state index is 5.69. The molecule has 2 N–H and O–H groups in total. The molecule has 2 nitrogen and oxygen atoms in total. The number of para-hydroxylation sites is 1. The first-order valence-electron chi connectivity index (χ1n) is 5.83. The molecule has 92 valence electrons. The average Bonchev–Trinajstić information content (AvgIpc) is 2.40. The van der Waals surface area contributed by atoms with E-state index in [2.05, 4.69) is 0 Å². The second-order valence-corrected chi connectivity index (χ2v) is 4.37. The highest BCUT2D eigenvalue weighted by atomic mass is 32.1. The lowest BCUT2D eigenvalue weighted by molar-refractivity contribution is 0.322. The zero-order valence-electron chi connectivity index (χ0n) is 10.0. The molecule has 0 heterocycles. The fraction of sp³-hybridized carbons (Fsp3) is 0.133. The Balaban J connectivity index is 1.97. The van der Waals surface area contributed by atoms with Gasteiger partial charge in [0.1, 0.15) is 10.7 Å². The molecule has 3 heteroatoms.